The lowest BCUT2D eigenvalue weighted by molar-refractivity contribution is -0.117. The molecule has 0 aliphatic heterocycles. The van der Waals surface area contributed by atoms with E-state index in [1.54, 1.807) is 39.8 Å². The van der Waals surface area contributed by atoms with Gasteiger partial charge in [-0.15, -0.1) is 0 Å². The summed E-state index contributed by atoms with van der Waals surface area (Å²) < 4.78 is 34.1. The average molecular weight is 528 g/mol. The highest BCUT2D eigenvalue weighted by molar-refractivity contribution is 7.89. The van der Waals surface area contributed by atoms with Crippen LogP contribution >= 0.6 is 11.6 Å². The first kappa shape index (κ1) is 28.3. The number of aryl methyl sites for hydroxylation is 1. The number of hydrogen-bond acceptors (Lipinski definition) is 7. The van der Waals surface area contributed by atoms with Crippen molar-refractivity contribution in [1.29, 1.82) is 0 Å². The van der Waals surface area contributed by atoms with Crippen molar-refractivity contribution in [2.45, 2.75) is 57.6 Å². The third-order valence-corrected chi connectivity index (χ3v) is 6.26. The third kappa shape index (κ3) is 9.67. The summed E-state index contributed by atoms with van der Waals surface area (Å²) in [6.07, 6.45) is 1.76. The number of amides is 2. The summed E-state index contributed by atoms with van der Waals surface area (Å²) in [6, 6.07) is 5.61. The highest BCUT2D eigenvalue weighted by atomic mass is 35.5. The van der Waals surface area contributed by atoms with E-state index >= 15 is 0 Å². The van der Waals surface area contributed by atoms with Gasteiger partial charge in [0.15, 0.2) is 0 Å². The largest absolute Gasteiger partial charge is 0.444 e. The van der Waals surface area contributed by atoms with Crippen molar-refractivity contribution >= 4 is 39.3 Å². The van der Waals surface area contributed by atoms with Gasteiger partial charge in [0.1, 0.15) is 12.1 Å². The Hall–Kier alpha value is -2.96. The van der Waals surface area contributed by atoms with Crippen LogP contribution in [0.15, 0.2) is 40.2 Å². The molecule has 0 aliphatic carbocycles. The summed E-state index contributed by atoms with van der Waals surface area (Å²) in [4.78, 5) is 35.8. The van der Waals surface area contributed by atoms with Gasteiger partial charge in [0.05, 0.1) is 16.1 Å². The molecule has 1 aromatic carbocycles. The molecule has 0 aliphatic rings. The lowest BCUT2D eigenvalue weighted by Crippen LogP contribution is -2.33. The second-order valence-electron chi connectivity index (χ2n) is 8.73. The molecule has 0 atom stereocenters. The number of benzene rings is 1. The molecule has 2 rings (SSSR count). The fraction of sp³-hybridized carbons (Fsp3) is 0.455. The van der Waals surface area contributed by atoms with E-state index in [1.165, 1.54) is 12.3 Å². The van der Waals surface area contributed by atoms with Gasteiger partial charge in [-0.25, -0.2) is 22.6 Å². The van der Waals surface area contributed by atoms with Gasteiger partial charge in [-0.05, 0) is 58.2 Å². The minimum absolute atomic E-state index is 0.0176. The minimum Gasteiger partial charge on any atom is -0.444 e. The fourth-order valence-corrected chi connectivity index (χ4v) is 4.35. The Kier molecular flexibility index (Phi) is 9.81. The lowest BCUT2D eigenvalue weighted by atomic mass is 10.2. The number of rotatable bonds is 10. The molecule has 13 heteroatoms. The number of halogens is 1. The molecule has 1 aromatic heterocycles. The normalized spacial score (nSPS) is 11.7. The maximum atomic E-state index is 12.8. The highest BCUT2D eigenvalue weighted by Crippen LogP contribution is 2.20. The Morgan fingerprint density at radius 1 is 1.14 bits per heavy atom. The van der Waals surface area contributed by atoms with Crippen molar-refractivity contribution < 1.29 is 22.7 Å². The number of aromatic nitrogens is 2. The van der Waals surface area contributed by atoms with E-state index < -0.39 is 33.2 Å². The topological polar surface area (TPSA) is 148 Å². The predicted molar refractivity (Wildman–Crippen MR) is 132 cm³/mol. The van der Waals surface area contributed by atoms with E-state index in [2.05, 4.69) is 20.5 Å². The van der Waals surface area contributed by atoms with Gasteiger partial charge in [-0.1, -0.05) is 17.7 Å². The van der Waals surface area contributed by atoms with E-state index in [9.17, 15) is 22.8 Å². The van der Waals surface area contributed by atoms with Crippen LogP contribution in [0.5, 0.6) is 0 Å². The Bertz CT molecular complexity index is 1220. The first-order valence-corrected chi connectivity index (χ1v) is 12.7. The van der Waals surface area contributed by atoms with Crippen LogP contribution in [-0.2, 0) is 26.1 Å². The van der Waals surface area contributed by atoms with Gasteiger partial charge >= 0.3 is 6.09 Å². The summed E-state index contributed by atoms with van der Waals surface area (Å²) in [6.45, 7) is 7.09. The van der Waals surface area contributed by atoms with E-state index in [0.717, 1.165) is 10.7 Å². The van der Waals surface area contributed by atoms with Gasteiger partial charge < -0.3 is 15.4 Å². The molecule has 192 valence electrons. The van der Waals surface area contributed by atoms with Crippen LogP contribution in [0.3, 0.4) is 0 Å². The van der Waals surface area contributed by atoms with E-state index in [0.29, 0.717) is 24.9 Å². The van der Waals surface area contributed by atoms with Gasteiger partial charge in [-0.3, -0.25) is 9.59 Å². The molecule has 0 spiro atoms. The van der Waals surface area contributed by atoms with Crippen molar-refractivity contribution in [3.05, 3.63) is 51.4 Å². The highest BCUT2D eigenvalue weighted by Gasteiger charge is 2.18. The van der Waals surface area contributed by atoms with E-state index in [-0.39, 0.29) is 28.7 Å². The maximum absolute atomic E-state index is 12.8. The van der Waals surface area contributed by atoms with Crippen molar-refractivity contribution in [1.82, 2.24) is 19.8 Å². The molecule has 0 saturated carbocycles. The van der Waals surface area contributed by atoms with Crippen LogP contribution in [0.2, 0.25) is 5.02 Å². The zero-order chi connectivity index (χ0) is 26.2. The molecule has 2 amide bonds. The number of ether oxygens (including phenoxy) is 1. The van der Waals surface area contributed by atoms with Crippen LogP contribution in [0.25, 0.3) is 0 Å². The Morgan fingerprint density at radius 2 is 1.83 bits per heavy atom. The first-order valence-electron chi connectivity index (χ1n) is 10.9. The number of sulfonamides is 1. The monoisotopic (exact) mass is 527 g/mol. The summed E-state index contributed by atoms with van der Waals surface area (Å²) in [5.41, 5.74) is -0.372. The Morgan fingerprint density at radius 3 is 2.49 bits per heavy atom. The van der Waals surface area contributed by atoms with Crippen LogP contribution < -0.4 is 20.9 Å². The molecule has 0 bridgehead atoms. The summed E-state index contributed by atoms with van der Waals surface area (Å²) in [5.74, 6) is -0.556. The molecule has 3 N–H and O–H groups in total. The first-order chi connectivity index (χ1) is 16.3. The number of alkyl carbamates (subject to hydrolysis) is 1. The second kappa shape index (κ2) is 12.1. The number of unbranched alkanes of at least 4 members (excludes halogenated alkanes) is 1. The molecule has 11 nitrogen and oxygen atoms in total. The number of carbonyl (C=O) groups excluding carboxylic acids is 2. The zero-order valence-electron chi connectivity index (χ0n) is 20.1. The fourth-order valence-electron chi connectivity index (χ4n) is 2.87. The van der Waals surface area contributed by atoms with Crippen LogP contribution in [-0.4, -0.2) is 48.9 Å². The third-order valence-electron chi connectivity index (χ3n) is 4.45. The number of nitrogens with zero attached hydrogens (tertiary/aromatic N) is 2. The van der Waals surface area contributed by atoms with Crippen molar-refractivity contribution in [2.24, 2.45) is 0 Å². The summed E-state index contributed by atoms with van der Waals surface area (Å²) in [5, 5.41) is 9.13. The van der Waals surface area contributed by atoms with Gasteiger partial charge in [0.25, 0.3) is 5.56 Å². The van der Waals surface area contributed by atoms with Gasteiger partial charge in [0.2, 0.25) is 15.9 Å². The molecule has 0 saturated heterocycles. The van der Waals surface area contributed by atoms with Crippen molar-refractivity contribution in [2.75, 3.05) is 18.4 Å². The van der Waals surface area contributed by atoms with Crippen LogP contribution in [0.1, 0.15) is 39.2 Å². The molecule has 0 unspecified atom stereocenters. The summed E-state index contributed by atoms with van der Waals surface area (Å²) in [7, 11) is -3.84. The summed E-state index contributed by atoms with van der Waals surface area (Å²) >= 11 is 5.69. The van der Waals surface area contributed by atoms with Crippen molar-refractivity contribution in [3.8, 4) is 0 Å². The maximum Gasteiger partial charge on any atom is 0.407 e. The zero-order valence-corrected chi connectivity index (χ0v) is 21.6. The lowest BCUT2D eigenvalue weighted by Gasteiger charge is -2.19. The predicted octanol–water partition coefficient (Wildman–Crippen LogP) is 2.43. The second-order valence-corrected chi connectivity index (χ2v) is 10.9. The Labute approximate surface area is 209 Å². The molecular formula is C22H30ClN5O6S. The molecule has 0 radical (unpaired) electrons. The molecule has 1 heterocycles. The minimum atomic E-state index is -3.84. The average Bonchev–Trinajstić information content (AvgIpc) is 2.72. The number of carbonyl (C=O) groups is 2. The van der Waals surface area contributed by atoms with E-state index in [1.807, 2.05) is 0 Å². The standard InChI is InChI=1S/C22H30ClN5O6S/c1-15-7-8-17(27-19(29)14-28-20(30)11-16(23)13-25-28)12-18(15)35(32,33)26-10-6-5-9-24-21(31)34-22(2,3)4/h7-8,11-13,26H,5-6,9-10,14H2,1-4H3,(H,24,31)(H,27,29). The molecule has 2 aromatic rings. The number of anilines is 1. The van der Waals surface area contributed by atoms with Crippen LogP contribution in [0, 0.1) is 6.92 Å². The van der Waals surface area contributed by atoms with E-state index in [4.69, 9.17) is 16.3 Å². The quantitative estimate of drug-likeness (QED) is 0.402. The molecule has 35 heavy (non-hydrogen) atoms. The van der Waals surface area contributed by atoms with Gasteiger partial charge in [0, 0.05) is 24.8 Å². The Balaban J connectivity index is 1.90. The number of hydrogen-bond donors (Lipinski definition) is 3. The number of nitrogens with one attached hydrogen (secondary N) is 3. The SMILES string of the molecule is Cc1ccc(NC(=O)Cn2ncc(Cl)cc2=O)cc1S(=O)(=O)NCCCCNC(=O)OC(C)(C)C. The van der Waals surface area contributed by atoms with Crippen LogP contribution in [0.4, 0.5) is 10.5 Å². The van der Waals surface area contributed by atoms with Gasteiger partial charge in [-0.2, -0.15) is 5.10 Å². The molecule has 0 fully saturated rings. The van der Waals surface area contributed by atoms with Crippen molar-refractivity contribution in [3.63, 3.8) is 0 Å². The smallest absolute Gasteiger partial charge is 0.407 e. The molecular weight excluding hydrogens is 498 g/mol.